The van der Waals surface area contributed by atoms with Crippen LogP contribution in [0, 0.1) is 6.92 Å². The van der Waals surface area contributed by atoms with Gasteiger partial charge in [-0.05, 0) is 29.7 Å². The molecule has 0 saturated heterocycles. The molecule has 0 atom stereocenters. The van der Waals surface area contributed by atoms with Crippen LogP contribution in [-0.4, -0.2) is 4.98 Å². The van der Waals surface area contributed by atoms with E-state index in [1.165, 1.54) is 5.56 Å². The number of aromatic nitrogens is 1. The van der Waals surface area contributed by atoms with Gasteiger partial charge in [0.15, 0.2) is 0 Å². The molecule has 0 aliphatic carbocycles. The highest BCUT2D eigenvalue weighted by Crippen LogP contribution is 2.23. The quantitative estimate of drug-likeness (QED) is 0.740. The number of hydrogen-bond donors (Lipinski definition) is 1. The molecule has 14 heavy (non-hydrogen) atoms. The van der Waals surface area contributed by atoms with Crippen molar-refractivity contribution in [3.8, 4) is 11.1 Å². The summed E-state index contributed by atoms with van der Waals surface area (Å²) < 4.78 is 0. The number of pyridine rings is 1. The molecule has 2 heteroatoms. The fourth-order valence-corrected chi connectivity index (χ4v) is 1.47. The molecule has 1 aromatic carbocycles. The third-order valence-electron chi connectivity index (χ3n) is 2.21. The molecule has 2 N–H and O–H groups in total. The van der Waals surface area contributed by atoms with Crippen molar-refractivity contribution in [3.63, 3.8) is 0 Å². The third kappa shape index (κ3) is 1.59. The minimum absolute atomic E-state index is 0.564. The number of anilines is 1. The van der Waals surface area contributed by atoms with Gasteiger partial charge in [0.1, 0.15) is 5.82 Å². The van der Waals surface area contributed by atoms with E-state index in [1.54, 1.807) is 6.20 Å². The molecule has 0 aliphatic rings. The number of aryl methyl sites for hydroxylation is 1. The first-order valence-corrected chi connectivity index (χ1v) is 4.55. The van der Waals surface area contributed by atoms with E-state index in [4.69, 9.17) is 5.73 Å². The molecular weight excluding hydrogens is 172 g/mol. The highest BCUT2D eigenvalue weighted by Gasteiger charge is 2.01. The molecule has 0 unspecified atom stereocenters. The lowest BCUT2D eigenvalue weighted by Crippen LogP contribution is -1.92. The molecule has 1 heterocycles. The normalized spacial score (nSPS) is 10.1. The van der Waals surface area contributed by atoms with E-state index in [0.29, 0.717) is 5.82 Å². The zero-order chi connectivity index (χ0) is 9.97. The van der Waals surface area contributed by atoms with E-state index in [1.807, 2.05) is 31.2 Å². The predicted molar refractivity (Wildman–Crippen MR) is 58.8 cm³/mol. The van der Waals surface area contributed by atoms with Gasteiger partial charge in [-0.2, -0.15) is 0 Å². The summed E-state index contributed by atoms with van der Waals surface area (Å²) in [6.07, 6.45) is 1.80. The Bertz CT molecular complexity index is 435. The maximum atomic E-state index is 5.65. The lowest BCUT2D eigenvalue weighted by Gasteiger charge is -2.05. The zero-order valence-corrected chi connectivity index (χ0v) is 8.07. The molecule has 0 radical (unpaired) electrons. The van der Waals surface area contributed by atoms with Crippen LogP contribution < -0.4 is 5.73 Å². The van der Waals surface area contributed by atoms with Crippen LogP contribution in [0.15, 0.2) is 42.6 Å². The fourth-order valence-electron chi connectivity index (χ4n) is 1.47. The van der Waals surface area contributed by atoms with E-state index in [0.717, 1.165) is 11.1 Å². The summed E-state index contributed by atoms with van der Waals surface area (Å²) in [6, 6.07) is 12.1. The second kappa shape index (κ2) is 3.50. The Morgan fingerprint density at radius 1 is 1.14 bits per heavy atom. The van der Waals surface area contributed by atoms with Crippen LogP contribution in [0.4, 0.5) is 5.82 Å². The molecule has 0 fully saturated rings. The second-order valence-electron chi connectivity index (χ2n) is 3.29. The van der Waals surface area contributed by atoms with Crippen molar-refractivity contribution < 1.29 is 0 Å². The van der Waals surface area contributed by atoms with Gasteiger partial charge in [-0.15, -0.1) is 0 Å². The Balaban J connectivity index is 2.57. The first-order chi connectivity index (χ1) is 6.77. The summed E-state index contributed by atoms with van der Waals surface area (Å²) in [5, 5.41) is 0. The van der Waals surface area contributed by atoms with Crippen LogP contribution in [-0.2, 0) is 0 Å². The van der Waals surface area contributed by atoms with Crippen LogP contribution in [0.1, 0.15) is 5.56 Å². The van der Waals surface area contributed by atoms with Crippen LogP contribution in [0.2, 0.25) is 0 Å². The number of nitrogens with two attached hydrogens (primary N) is 1. The standard InChI is InChI=1S/C12H12N2/c1-9-8-14-12(13)7-11(9)10-5-3-2-4-6-10/h2-8H,1H3,(H2,13,14). The van der Waals surface area contributed by atoms with Gasteiger partial charge in [0.05, 0.1) is 0 Å². The van der Waals surface area contributed by atoms with Crippen molar-refractivity contribution in [3.05, 3.63) is 48.2 Å². The van der Waals surface area contributed by atoms with Gasteiger partial charge in [-0.3, -0.25) is 0 Å². The van der Waals surface area contributed by atoms with Crippen molar-refractivity contribution in [2.24, 2.45) is 0 Å². The molecule has 1 aromatic heterocycles. The molecule has 2 rings (SSSR count). The Hall–Kier alpha value is -1.83. The van der Waals surface area contributed by atoms with Crippen molar-refractivity contribution in [1.82, 2.24) is 4.98 Å². The Morgan fingerprint density at radius 3 is 2.57 bits per heavy atom. The number of nitrogens with zero attached hydrogens (tertiary/aromatic N) is 1. The summed E-state index contributed by atoms with van der Waals surface area (Å²) in [6.45, 7) is 2.04. The van der Waals surface area contributed by atoms with Crippen molar-refractivity contribution in [2.45, 2.75) is 6.92 Å². The van der Waals surface area contributed by atoms with E-state index in [2.05, 4.69) is 17.1 Å². The maximum absolute atomic E-state index is 5.65. The Morgan fingerprint density at radius 2 is 1.86 bits per heavy atom. The molecular formula is C12H12N2. The molecule has 2 aromatic rings. The second-order valence-corrected chi connectivity index (χ2v) is 3.29. The lowest BCUT2D eigenvalue weighted by atomic mass is 10.0. The van der Waals surface area contributed by atoms with Gasteiger partial charge in [-0.25, -0.2) is 4.98 Å². The Kier molecular flexibility index (Phi) is 2.19. The summed E-state index contributed by atoms with van der Waals surface area (Å²) in [5.74, 6) is 0.564. The highest BCUT2D eigenvalue weighted by atomic mass is 14.8. The molecule has 0 saturated carbocycles. The van der Waals surface area contributed by atoms with Gasteiger partial charge < -0.3 is 5.73 Å². The molecule has 0 spiro atoms. The minimum atomic E-state index is 0.564. The number of benzene rings is 1. The number of hydrogen-bond acceptors (Lipinski definition) is 2. The number of nitrogen functional groups attached to an aromatic ring is 1. The first-order valence-electron chi connectivity index (χ1n) is 4.55. The minimum Gasteiger partial charge on any atom is -0.384 e. The summed E-state index contributed by atoms with van der Waals surface area (Å²) in [4.78, 5) is 4.04. The molecule has 2 nitrogen and oxygen atoms in total. The maximum Gasteiger partial charge on any atom is 0.123 e. The smallest absolute Gasteiger partial charge is 0.123 e. The van der Waals surface area contributed by atoms with E-state index in [-0.39, 0.29) is 0 Å². The third-order valence-corrected chi connectivity index (χ3v) is 2.21. The zero-order valence-electron chi connectivity index (χ0n) is 8.07. The highest BCUT2D eigenvalue weighted by molar-refractivity contribution is 5.68. The van der Waals surface area contributed by atoms with Crippen molar-refractivity contribution in [2.75, 3.05) is 5.73 Å². The summed E-state index contributed by atoms with van der Waals surface area (Å²) >= 11 is 0. The summed E-state index contributed by atoms with van der Waals surface area (Å²) in [5.41, 5.74) is 9.13. The van der Waals surface area contributed by atoms with Crippen LogP contribution in [0.5, 0.6) is 0 Å². The summed E-state index contributed by atoms with van der Waals surface area (Å²) in [7, 11) is 0. The van der Waals surface area contributed by atoms with Gasteiger partial charge in [0, 0.05) is 6.20 Å². The van der Waals surface area contributed by atoms with Crippen molar-refractivity contribution in [1.29, 1.82) is 0 Å². The van der Waals surface area contributed by atoms with Gasteiger partial charge in [0.2, 0.25) is 0 Å². The predicted octanol–water partition coefficient (Wildman–Crippen LogP) is 2.64. The largest absolute Gasteiger partial charge is 0.384 e. The van der Waals surface area contributed by atoms with Crippen LogP contribution >= 0.6 is 0 Å². The van der Waals surface area contributed by atoms with Crippen molar-refractivity contribution >= 4 is 5.82 Å². The molecule has 0 amide bonds. The fraction of sp³-hybridized carbons (Fsp3) is 0.0833. The first kappa shape index (κ1) is 8.75. The lowest BCUT2D eigenvalue weighted by molar-refractivity contribution is 1.28. The topological polar surface area (TPSA) is 38.9 Å². The Labute approximate surface area is 83.4 Å². The average Bonchev–Trinajstić information content (AvgIpc) is 2.23. The molecule has 0 aliphatic heterocycles. The van der Waals surface area contributed by atoms with Crippen LogP contribution in [0.3, 0.4) is 0 Å². The average molecular weight is 184 g/mol. The van der Waals surface area contributed by atoms with E-state index >= 15 is 0 Å². The number of rotatable bonds is 1. The molecule has 0 bridgehead atoms. The van der Waals surface area contributed by atoms with Crippen LogP contribution in [0.25, 0.3) is 11.1 Å². The van der Waals surface area contributed by atoms with E-state index < -0.39 is 0 Å². The molecule has 70 valence electrons. The van der Waals surface area contributed by atoms with Gasteiger partial charge in [0.25, 0.3) is 0 Å². The van der Waals surface area contributed by atoms with E-state index in [9.17, 15) is 0 Å². The SMILES string of the molecule is Cc1cnc(N)cc1-c1ccccc1. The van der Waals surface area contributed by atoms with Gasteiger partial charge in [-0.1, -0.05) is 30.3 Å². The monoisotopic (exact) mass is 184 g/mol. The van der Waals surface area contributed by atoms with Gasteiger partial charge >= 0.3 is 0 Å².